The summed E-state index contributed by atoms with van der Waals surface area (Å²) in [4.78, 5) is 0.331. The predicted molar refractivity (Wildman–Crippen MR) is 77.4 cm³/mol. The van der Waals surface area contributed by atoms with Gasteiger partial charge in [-0.1, -0.05) is 22.0 Å². The lowest BCUT2D eigenvalue weighted by molar-refractivity contribution is 0.264. The van der Waals surface area contributed by atoms with E-state index >= 15 is 0 Å². The van der Waals surface area contributed by atoms with E-state index in [4.69, 9.17) is 5.11 Å². The number of aliphatic hydroxyl groups excluding tert-OH is 1. The molecule has 1 aromatic carbocycles. The normalized spacial score (nSPS) is 20.8. The van der Waals surface area contributed by atoms with Gasteiger partial charge in [0, 0.05) is 23.7 Å². The number of aliphatic hydroxyl groups is 1. The molecule has 1 atom stereocenters. The largest absolute Gasteiger partial charge is 0.396 e. The van der Waals surface area contributed by atoms with Gasteiger partial charge < -0.3 is 5.11 Å². The Labute approximate surface area is 122 Å². The maximum Gasteiger partial charge on any atom is 0.243 e. The Morgan fingerprint density at radius 3 is 2.89 bits per heavy atom. The highest BCUT2D eigenvalue weighted by Crippen LogP contribution is 2.29. The van der Waals surface area contributed by atoms with Crippen molar-refractivity contribution in [1.29, 1.82) is 0 Å². The molecule has 106 valence electrons. The van der Waals surface area contributed by atoms with Crippen molar-refractivity contribution in [2.24, 2.45) is 0 Å². The second-order valence-electron chi connectivity index (χ2n) is 4.74. The van der Waals surface area contributed by atoms with E-state index in [9.17, 15) is 8.42 Å². The quantitative estimate of drug-likeness (QED) is 0.889. The number of benzene rings is 1. The molecule has 19 heavy (non-hydrogen) atoms. The molecule has 4 nitrogen and oxygen atoms in total. The molecule has 1 aliphatic heterocycles. The maximum absolute atomic E-state index is 12.6. The first-order valence-corrected chi connectivity index (χ1v) is 8.67. The monoisotopic (exact) mass is 347 g/mol. The van der Waals surface area contributed by atoms with E-state index in [0.717, 1.165) is 23.7 Å². The maximum atomic E-state index is 12.6. The van der Waals surface area contributed by atoms with E-state index in [-0.39, 0.29) is 12.6 Å². The molecule has 1 aromatic rings. The molecule has 0 spiro atoms. The first kappa shape index (κ1) is 15.0. The average Bonchev–Trinajstić information content (AvgIpc) is 2.85. The summed E-state index contributed by atoms with van der Waals surface area (Å²) in [6.07, 6.45) is 3.15. The van der Waals surface area contributed by atoms with Crippen LogP contribution < -0.4 is 0 Å². The summed E-state index contributed by atoms with van der Waals surface area (Å²) >= 11 is 3.30. The Morgan fingerprint density at radius 1 is 1.42 bits per heavy atom. The second kappa shape index (κ2) is 6.35. The van der Waals surface area contributed by atoms with Crippen LogP contribution in [0, 0.1) is 0 Å². The van der Waals surface area contributed by atoms with E-state index in [1.807, 2.05) is 6.07 Å². The smallest absolute Gasteiger partial charge is 0.243 e. The van der Waals surface area contributed by atoms with Gasteiger partial charge in [0.15, 0.2) is 0 Å². The van der Waals surface area contributed by atoms with Crippen molar-refractivity contribution in [3.63, 3.8) is 0 Å². The lowest BCUT2D eigenvalue weighted by Gasteiger charge is -2.24. The zero-order valence-electron chi connectivity index (χ0n) is 10.6. The summed E-state index contributed by atoms with van der Waals surface area (Å²) in [5.74, 6) is 0. The van der Waals surface area contributed by atoms with Crippen molar-refractivity contribution in [3.8, 4) is 0 Å². The van der Waals surface area contributed by atoms with Crippen molar-refractivity contribution in [2.75, 3.05) is 13.2 Å². The minimum atomic E-state index is -3.42. The number of nitrogens with zero attached hydrogens (tertiary/aromatic N) is 1. The summed E-state index contributed by atoms with van der Waals surface area (Å²) in [5, 5.41) is 8.89. The first-order chi connectivity index (χ1) is 9.05. The number of rotatable bonds is 5. The average molecular weight is 348 g/mol. The van der Waals surface area contributed by atoms with Crippen LogP contribution in [-0.4, -0.2) is 37.0 Å². The van der Waals surface area contributed by atoms with Gasteiger partial charge in [-0.25, -0.2) is 8.42 Å². The fourth-order valence-electron chi connectivity index (χ4n) is 2.50. The van der Waals surface area contributed by atoms with Crippen LogP contribution >= 0.6 is 15.9 Å². The van der Waals surface area contributed by atoms with Crippen LogP contribution in [0.4, 0.5) is 0 Å². The first-order valence-electron chi connectivity index (χ1n) is 6.44. The summed E-state index contributed by atoms with van der Waals surface area (Å²) in [7, 11) is -3.42. The molecule has 0 aromatic heterocycles. The molecule has 1 heterocycles. The van der Waals surface area contributed by atoms with Gasteiger partial charge >= 0.3 is 0 Å². The minimum absolute atomic E-state index is 0.0242. The second-order valence-corrected chi connectivity index (χ2v) is 7.54. The standard InChI is InChI=1S/C13H18BrNO3S/c14-11-4-1-7-13(10-11)19(17,18)15-8-2-5-12(15)6-3-9-16/h1,4,7,10,12,16H,2-3,5-6,8-9H2. The Kier molecular flexibility index (Phi) is 5.00. The molecule has 0 radical (unpaired) electrons. The molecule has 6 heteroatoms. The van der Waals surface area contributed by atoms with Gasteiger partial charge in [-0.15, -0.1) is 0 Å². The van der Waals surface area contributed by atoms with Crippen molar-refractivity contribution in [3.05, 3.63) is 28.7 Å². The Bertz CT molecular complexity index is 532. The van der Waals surface area contributed by atoms with E-state index < -0.39 is 10.0 Å². The molecule has 0 bridgehead atoms. The Morgan fingerprint density at radius 2 is 2.21 bits per heavy atom. The molecule has 1 aliphatic rings. The van der Waals surface area contributed by atoms with Gasteiger partial charge in [0.1, 0.15) is 0 Å². The summed E-state index contributed by atoms with van der Waals surface area (Å²) < 4.78 is 27.6. The molecule has 1 fully saturated rings. The lowest BCUT2D eigenvalue weighted by Crippen LogP contribution is -2.35. The molecule has 1 unspecified atom stereocenters. The van der Waals surface area contributed by atoms with Crippen LogP contribution in [0.5, 0.6) is 0 Å². The van der Waals surface area contributed by atoms with Crippen molar-refractivity contribution >= 4 is 26.0 Å². The molecular formula is C13H18BrNO3S. The third-order valence-corrected chi connectivity index (χ3v) is 5.86. The summed E-state index contributed by atoms with van der Waals surface area (Å²) in [6.45, 7) is 0.687. The molecular weight excluding hydrogens is 330 g/mol. The number of hydrogen-bond acceptors (Lipinski definition) is 3. The van der Waals surface area contributed by atoms with E-state index in [1.165, 1.54) is 0 Å². The highest BCUT2D eigenvalue weighted by atomic mass is 79.9. The third-order valence-electron chi connectivity index (χ3n) is 3.42. The zero-order chi connectivity index (χ0) is 13.9. The summed E-state index contributed by atoms with van der Waals surface area (Å²) in [6, 6.07) is 6.83. The molecule has 2 rings (SSSR count). The molecule has 1 N–H and O–H groups in total. The third kappa shape index (κ3) is 3.37. The van der Waals surface area contributed by atoms with Gasteiger partial charge in [0.05, 0.1) is 4.90 Å². The summed E-state index contributed by atoms with van der Waals surface area (Å²) in [5.41, 5.74) is 0. The molecule has 1 saturated heterocycles. The van der Waals surface area contributed by atoms with Crippen LogP contribution in [0.3, 0.4) is 0 Å². The van der Waals surface area contributed by atoms with Crippen LogP contribution in [0.15, 0.2) is 33.6 Å². The highest BCUT2D eigenvalue weighted by molar-refractivity contribution is 9.10. The van der Waals surface area contributed by atoms with Crippen molar-refractivity contribution in [1.82, 2.24) is 4.31 Å². The fourth-order valence-corrected chi connectivity index (χ4v) is 4.82. The van der Waals surface area contributed by atoms with E-state index in [2.05, 4.69) is 15.9 Å². The van der Waals surface area contributed by atoms with Crippen LogP contribution in [0.25, 0.3) is 0 Å². The minimum Gasteiger partial charge on any atom is -0.396 e. The molecule has 0 aliphatic carbocycles. The van der Waals surface area contributed by atoms with Crippen molar-refractivity contribution in [2.45, 2.75) is 36.6 Å². The van der Waals surface area contributed by atoms with Crippen molar-refractivity contribution < 1.29 is 13.5 Å². The lowest BCUT2D eigenvalue weighted by atomic mass is 10.1. The zero-order valence-corrected chi connectivity index (χ0v) is 13.0. The Hall–Kier alpha value is -0.430. The predicted octanol–water partition coefficient (Wildman–Crippen LogP) is 2.37. The highest BCUT2D eigenvalue weighted by Gasteiger charge is 2.34. The van der Waals surface area contributed by atoms with Gasteiger partial charge in [0.25, 0.3) is 0 Å². The van der Waals surface area contributed by atoms with Gasteiger partial charge in [-0.3, -0.25) is 0 Å². The van der Waals surface area contributed by atoms with Crippen LogP contribution in [0.1, 0.15) is 25.7 Å². The number of sulfonamides is 1. The van der Waals surface area contributed by atoms with Crippen LogP contribution in [0.2, 0.25) is 0 Å². The van der Waals surface area contributed by atoms with Gasteiger partial charge in [0.2, 0.25) is 10.0 Å². The molecule has 0 saturated carbocycles. The molecule has 0 amide bonds. The van der Waals surface area contributed by atoms with E-state index in [0.29, 0.717) is 17.9 Å². The van der Waals surface area contributed by atoms with Gasteiger partial charge in [-0.05, 0) is 43.9 Å². The fraction of sp³-hybridized carbons (Fsp3) is 0.538. The van der Waals surface area contributed by atoms with Gasteiger partial charge in [-0.2, -0.15) is 4.31 Å². The van der Waals surface area contributed by atoms with E-state index in [1.54, 1.807) is 22.5 Å². The number of hydrogen-bond donors (Lipinski definition) is 1. The number of halogens is 1. The topological polar surface area (TPSA) is 57.6 Å². The van der Waals surface area contributed by atoms with Crippen LogP contribution in [-0.2, 0) is 10.0 Å². The Balaban J connectivity index is 2.23. The SMILES string of the molecule is O=S(=O)(c1cccc(Br)c1)N1CCCC1CCCO.